The molecular formula is C9H16N4O3. The first-order chi connectivity index (χ1) is 7.56. The summed E-state index contributed by atoms with van der Waals surface area (Å²) < 4.78 is 0. The van der Waals surface area contributed by atoms with Crippen molar-refractivity contribution < 1.29 is 14.4 Å². The maximum atomic E-state index is 11.6. The molecule has 7 heteroatoms. The lowest BCUT2D eigenvalue weighted by atomic mass is 10.3. The number of rotatable bonds is 2. The minimum absolute atomic E-state index is 0.0363. The largest absolute Gasteiger partial charge is 0.347 e. The van der Waals surface area contributed by atoms with Crippen molar-refractivity contribution in [3.63, 3.8) is 0 Å². The number of piperazine rings is 1. The molecule has 0 aromatic heterocycles. The van der Waals surface area contributed by atoms with E-state index in [4.69, 9.17) is 5.73 Å². The highest BCUT2D eigenvalue weighted by Gasteiger charge is 2.28. The van der Waals surface area contributed by atoms with Crippen molar-refractivity contribution in [3.05, 3.63) is 0 Å². The van der Waals surface area contributed by atoms with Gasteiger partial charge in [0, 0.05) is 33.2 Å². The minimum Gasteiger partial charge on any atom is -0.347 e. The second-order valence-electron chi connectivity index (χ2n) is 3.59. The molecule has 0 unspecified atom stereocenters. The fraction of sp³-hybridized carbons (Fsp3) is 0.667. The van der Waals surface area contributed by atoms with Crippen LogP contribution < -0.4 is 11.1 Å². The number of amides is 3. The first-order valence-electron chi connectivity index (χ1n) is 5.07. The van der Waals surface area contributed by atoms with Crippen LogP contribution >= 0.6 is 0 Å². The van der Waals surface area contributed by atoms with Crippen molar-refractivity contribution in [1.82, 2.24) is 15.1 Å². The Bertz CT molecular complexity index is 305. The Labute approximate surface area is 93.5 Å². The fourth-order valence-corrected chi connectivity index (χ4v) is 1.34. The number of carbonyl (C=O) groups is 3. The average molecular weight is 228 g/mol. The smallest absolute Gasteiger partial charge is 0.312 e. The fourth-order valence-electron chi connectivity index (χ4n) is 1.34. The van der Waals surface area contributed by atoms with E-state index in [1.54, 1.807) is 7.05 Å². The second kappa shape index (κ2) is 5.45. The van der Waals surface area contributed by atoms with Crippen LogP contribution in [0.2, 0.25) is 0 Å². The Hall–Kier alpha value is -1.63. The Morgan fingerprint density at radius 3 is 2.69 bits per heavy atom. The minimum atomic E-state index is -0.706. The van der Waals surface area contributed by atoms with Crippen LogP contribution in [-0.2, 0) is 14.4 Å². The van der Waals surface area contributed by atoms with Gasteiger partial charge in [-0.15, -0.1) is 0 Å². The molecule has 3 amide bonds. The molecule has 1 fully saturated rings. The van der Waals surface area contributed by atoms with Gasteiger partial charge in [-0.3, -0.25) is 14.4 Å². The lowest BCUT2D eigenvalue weighted by Crippen LogP contribution is -2.54. The van der Waals surface area contributed by atoms with E-state index in [1.165, 1.54) is 9.80 Å². The lowest BCUT2D eigenvalue weighted by Gasteiger charge is -2.31. The van der Waals surface area contributed by atoms with E-state index >= 15 is 0 Å². The molecule has 1 heterocycles. The SMILES string of the molecule is CN1CCN(C(=O)C(=O)NCCN)CC1=O. The van der Waals surface area contributed by atoms with Gasteiger partial charge < -0.3 is 20.9 Å². The van der Waals surface area contributed by atoms with Crippen LogP contribution in [0.5, 0.6) is 0 Å². The van der Waals surface area contributed by atoms with Gasteiger partial charge >= 0.3 is 11.8 Å². The molecule has 0 radical (unpaired) electrons. The molecule has 0 aliphatic carbocycles. The number of nitrogens with one attached hydrogen (secondary N) is 1. The molecule has 0 bridgehead atoms. The predicted molar refractivity (Wildman–Crippen MR) is 56.3 cm³/mol. The normalized spacial score (nSPS) is 16.2. The summed E-state index contributed by atoms with van der Waals surface area (Å²) in [5.41, 5.74) is 5.20. The molecule has 0 aromatic carbocycles. The van der Waals surface area contributed by atoms with E-state index in [2.05, 4.69) is 5.32 Å². The van der Waals surface area contributed by atoms with Crippen LogP contribution in [-0.4, -0.2) is 67.3 Å². The Morgan fingerprint density at radius 2 is 2.12 bits per heavy atom. The third-order valence-electron chi connectivity index (χ3n) is 2.37. The summed E-state index contributed by atoms with van der Waals surface area (Å²) in [5.74, 6) is -1.54. The standard InChI is InChI=1S/C9H16N4O3/c1-12-4-5-13(6-7(12)14)9(16)8(15)11-3-2-10/h2-6,10H2,1H3,(H,11,15). The molecule has 3 N–H and O–H groups in total. The molecule has 7 nitrogen and oxygen atoms in total. The van der Waals surface area contributed by atoms with Crippen molar-refractivity contribution in [2.45, 2.75) is 0 Å². The number of hydrogen-bond donors (Lipinski definition) is 2. The molecule has 1 rings (SSSR count). The maximum Gasteiger partial charge on any atom is 0.312 e. The summed E-state index contributed by atoms with van der Waals surface area (Å²) in [5, 5.41) is 2.38. The summed E-state index contributed by atoms with van der Waals surface area (Å²) in [4.78, 5) is 37.0. The topological polar surface area (TPSA) is 95.7 Å². The van der Waals surface area contributed by atoms with Crippen molar-refractivity contribution in [2.75, 3.05) is 39.8 Å². The highest BCUT2D eigenvalue weighted by Crippen LogP contribution is 2.01. The Kier molecular flexibility index (Phi) is 4.24. The van der Waals surface area contributed by atoms with Gasteiger partial charge in [-0.05, 0) is 0 Å². The van der Waals surface area contributed by atoms with Crippen LogP contribution in [0, 0.1) is 0 Å². The quantitative estimate of drug-likeness (QED) is 0.505. The third kappa shape index (κ3) is 2.93. The number of likely N-dealkylation sites (N-methyl/N-ethyl adjacent to an activating group) is 1. The molecular weight excluding hydrogens is 212 g/mol. The molecule has 1 aliphatic rings. The summed E-state index contributed by atoms with van der Waals surface area (Å²) in [6, 6.07) is 0. The van der Waals surface area contributed by atoms with Gasteiger partial charge in [-0.1, -0.05) is 0 Å². The summed E-state index contributed by atoms with van der Waals surface area (Å²) in [7, 11) is 1.67. The second-order valence-corrected chi connectivity index (χ2v) is 3.59. The summed E-state index contributed by atoms with van der Waals surface area (Å²) in [6.45, 7) is 1.34. The van der Waals surface area contributed by atoms with E-state index in [0.29, 0.717) is 13.1 Å². The van der Waals surface area contributed by atoms with E-state index in [9.17, 15) is 14.4 Å². The zero-order valence-electron chi connectivity index (χ0n) is 9.23. The van der Waals surface area contributed by atoms with E-state index in [-0.39, 0.29) is 25.5 Å². The van der Waals surface area contributed by atoms with Crippen LogP contribution in [0.25, 0.3) is 0 Å². The maximum absolute atomic E-state index is 11.6. The molecule has 0 aromatic rings. The predicted octanol–water partition coefficient (Wildman–Crippen LogP) is -2.64. The van der Waals surface area contributed by atoms with Crippen molar-refractivity contribution in [1.29, 1.82) is 0 Å². The van der Waals surface area contributed by atoms with Gasteiger partial charge in [-0.2, -0.15) is 0 Å². The Balaban J connectivity index is 2.48. The van der Waals surface area contributed by atoms with Crippen molar-refractivity contribution >= 4 is 17.7 Å². The highest BCUT2D eigenvalue weighted by molar-refractivity contribution is 6.35. The molecule has 0 atom stereocenters. The summed E-state index contributed by atoms with van der Waals surface area (Å²) in [6.07, 6.45) is 0. The molecule has 16 heavy (non-hydrogen) atoms. The van der Waals surface area contributed by atoms with E-state index in [1.807, 2.05) is 0 Å². The van der Waals surface area contributed by atoms with E-state index in [0.717, 1.165) is 0 Å². The van der Waals surface area contributed by atoms with Crippen LogP contribution in [0.4, 0.5) is 0 Å². The lowest BCUT2D eigenvalue weighted by molar-refractivity contribution is -0.150. The molecule has 0 spiro atoms. The number of nitrogens with zero attached hydrogens (tertiary/aromatic N) is 2. The Morgan fingerprint density at radius 1 is 1.44 bits per heavy atom. The number of nitrogens with two attached hydrogens (primary N) is 1. The number of hydrogen-bond acceptors (Lipinski definition) is 4. The van der Waals surface area contributed by atoms with Gasteiger partial charge in [0.05, 0.1) is 0 Å². The first kappa shape index (κ1) is 12.4. The first-order valence-corrected chi connectivity index (χ1v) is 5.07. The summed E-state index contributed by atoms with van der Waals surface area (Å²) >= 11 is 0. The highest BCUT2D eigenvalue weighted by atomic mass is 16.2. The average Bonchev–Trinajstić information content (AvgIpc) is 2.28. The molecule has 90 valence electrons. The molecule has 1 aliphatic heterocycles. The van der Waals surface area contributed by atoms with Gasteiger partial charge in [0.1, 0.15) is 6.54 Å². The van der Waals surface area contributed by atoms with Gasteiger partial charge in [0.2, 0.25) is 5.91 Å². The van der Waals surface area contributed by atoms with Gasteiger partial charge in [0.15, 0.2) is 0 Å². The zero-order chi connectivity index (χ0) is 12.1. The third-order valence-corrected chi connectivity index (χ3v) is 2.37. The number of carbonyl (C=O) groups excluding carboxylic acids is 3. The zero-order valence-corrected chi connectivity index (χ0v) is 9.23. The van der Waals surface area contributed by atoms with Crippen LogP contribution in [0.15, 0.2) is 0 Å². The molecule has 0 saturated carbocycles. The van der Waals surface area contributed by atoms with Crippen molar-refractivity contribution in [2.24, 2.45) is 5.73 Å². The molecule has 1 saturated heterocycles. The van der Waals surface area contributed by atoms with E-state index < -0.39 is 11.8 Å². The van der Waals surface area contributed by atoms with Crippen LogP contribution in [0.3, 0.4) is 0 Å². The van der Waals surface area contributed by atoms with Gasteiger partial charge in [-0.25, -0.2) is 0 Å². The monoisotopic (exact) mass is 228 g/mol. The van der Waals surface area contributed by atoms with Crippen LogP contribution in [0.1, 0.15) is 0 Å². The van der Waals surface area contributed by atoms with Crippen molar-refractivity contribution in [3.8, 4) is 0 Å². The van der Waals surface area contributed by atoms with Gasteiger partial charge in [0.25, 0.3) is 0 Å².